The Labute approximate surface area is 183 Å². The van der Waals surface area contributed by atoms with Gasteiger partial charge in [0.05, 0.1) is 30.9 Å². The van der Waals surface area contributed by atoms with Crippen molar-refractivity contribution in [2.24, 2.45) is 5.92 Å². The van der Waals surface area contributed by atoms with Gasteiger partial charge in [0.1, 0.15) is 5.82 Å². The Bertz CT molecular complexity index is 1070. The summed E-state index contributed by atoms with van der Waals surface area (Å²) >= 11 is 12.2. The van der Waals surface area contributed by atoms with Crippen LogP contribution in [0, 0.1) is 5.92 Å². The highest BCUT2D eigenvalue weighted by Crippen LogP contribution is 2.24. The Kier molecular flexibility index (Phi) is 6.01. The van der Waals surface area contributed by atoms with Gasteiger partial charge in [-0.05, 0) is 29.8 Å². The molecule has 3 heterocycles. The van der Waals surface area contributed by atoms with Crippen molar-refractivity contribution in [2.45, 2.75) is 19.5 Å². The number of hydrogen-bond acceptors (Lipinski definition) is 4. The second-order valence-corrected chi connectivity index (χ2v) is 7.94. The molecule has 1 fully saturated rings. The van der Waals surface area contributed by atoms with Crippen LogP contribution in [0.25, 0.3) is 0 Å². The molecule has 1 aliphatic rings. The molecule has 1 N–H and O–H groups in total. The van der Waals surface area contributed by atoms with E-state index in [2.05, 4.69) is 15.4 Å². The molecule has 0 bridgehead atoms. The van der Waals surface area contributed by atoms with E-state index in [-0.39, 0.29) is 18.2 Å². The third-order valence-corrected chi connectivity index (χ3v) is 5.55. The Balaban J connectivity index is 1.40. The predicted octanol–water partition coefficient (Wildman–Crippen LogP) is 3.62. The third kappa shape index (κ3) is 4.63. The Hall–Kier alpha value is -2.90. The zero-order chi connectivity index (χ0) is 21.1. The van der Waals surface area contributed by atoms with Crippen molar-refractivity contribution < 1.29 is 9.59 Å². The van der Waals surface area contributed by atoms with Crippen LogP contribution in [0.4, 0.5) is 5.82 Å². The first-order valence-corrected chi connectivity index (χ1v) is 10.2. The van der Waals surface area contributed by atoms with Gasteiger partial charge in [0.2, 0.25) is 11.8 Å². The second-order valence-electron chi connectivity index (χ2n) is 7.10. The summed E-state index contributed by atoms with van der Waals surface area (Å²) in [5, 5.41) is 8.24. The van der Waals surface area contributed by atoms with Crippen molar-refractivity contribution in [3.8, 4) is 0 Å². The first-order valence-electron chi connectivity index (χ1n) is 9.44. The molecule has 1 aromatic carbocycles. The third-order valence-electron chi connectivity index (χ3n) is 4.97. The quantitative estimate of drug-likeness (QED) is 0.630. The van der Waals surface area contributed by atoms with E-state index in [9.17, 15) is 9.59 Å². The molecule has 7 nitrogen and oxygen atoms in total. The van der Waals surface area contributed by atoms with Crippen LogP contribution in [0.3, 0.4) is 0 Å². The monoisotopic (exact) mass is 443 g/mol. The minimum Gasteiger partial charge on any atom is -0.336 e. The van der Waals surface area contributed by atoms with Gasteiger partial charge in [0, 0.05) is 35.3 Å². The lowest BCUT2D eigenvalue weighted by molar-refractivity contribution is -0.128. The molecule has 2 amide bonds. The van der Waals surface area contributed by atoms with Gasteiger partial charge in [-0.1, -0.05) is 35.3 Å². The molecular weight excluding hydrogens is 425 g/mol. The van der Waals surface area contributed by atoms with E-state index in [1.165, 1.54) is 0 Å². The van der Waals surface area contributed by atoms with Crippen LogP contribution < -0.4 is 5.32 Å². The summed E-state index contributed by atoms with van der Waals surface area (Å²) in [6, 6.07) is 12.5. The smallest absolute Gasteiger partial charge is 0.230 e. The average Bonchev–Trinajstić information content (AvgIpc) is 3.31. The molecule has 4 rings (SSSR count). The number of likely N-dealkylation sites (tertiary alicyclic amines) is 1. The normalized spacial score (nSPS) is 16.1. The molecule has 0 radical (unpaired) electrons. The molecule has 1 aliphatic heterocycles. The number of anilines is 1. The number of benzene rings is 1. The standard InChI is InChI=1S/C21H19Cl2N5O2/c22-16-5-4-14(18(23)10-16)12-28-19(6-8-25-28)26-21(30)15-9-20(29)27(11-15)13-17-3-1-2-7-24-17/h1-8,10,15H,9,11-13H2,(H,26,30). The van der Waals surface area contributed by atoms with E-state index in [1.807, 2.05) is 24.3 Å². The topological polar surface area (TPSA) is 80.1 Å². The number of carbonyl (C=O) groups excluding carboxylic acids is 2. The largest absolute Gasteiger partial charge is 0.336 e. The average molecular weight is 444 g/mol. The van der Waals surface area contributed by atoms with Crippen LogP contribution in [0.15, 0.2) is 54.9 Å². The molecular formula is C21H19Cl2N5O2. The number of carbonyl (C=O) groups is 2. The van der Waals surface area contributed by atoms with Gasteiger partial charge < -0.3 is 10.2 Å². The van der Waals surface area contributed by atoms with Crippen molar-refractivity contribution in [1.29, 1.82) is 0 Å². The Morgan fingerprint density at radius 2 is 2.00 bits per heavy atom. The first kappa shape index (κ1) is 20.4. The van der Waals surface area contributed by atoms with Gasteiger partial charge in [-0.15, -0.1) is 0 Å². The maximum Gasteiger partial charge on any atom is 0.230 e. The number of nitrogens with zero attached hydrogens (tertiary/aromatic N) is 4. The number of aromatic nitrogens is 3. The van der Waals surface area contributed by atoms with Crippen LogP contribution in [-0.4, -0.2) is 38.0 Å². The molecule has 0 saturated carbocycles. The van der Waals surface area contributed by atoms with E-state index in [0.717, 1.165) is 11.3 Å². The lowest BCUT2D eigenvalue weighted by atomic mass is 10.1. The zero-order valence-corrected chi connectivity index (χ0v) is 17.5. The van der Waals surface area contributed by atoms with Crippen molar-refractivity contribution in [1.82, 2.24) is 19.7 Å². The summed E-state index contributed by atoms with van der Waals surface area (Å²) < 4.78 is 1.65. The molecule has 2 aromatic heterocycles. The van der Waals surface area contributed by atoms with Crippen molar-refractivity contribution in [3.05, 3.63) is 76.2 Å². The van der Waals surface area contributed by atoms with E-state index in [0.29, 0.717) is 35.5 Å². The highest BCUT2D eigenvalue weighted by molar-refractivity contribution is 6.35. The Morgan fingerprint density at radius 3 is 2.77 bits per heavy atom. The van der Waals surface area contributed by atoms with Gasteiger partial charge in [-0.25, -0.2) is 4.68 Å². The fraction of sp³-hybridized carbons (Fsp3) is 0.238. The van der Waals surface area contributed by atoms with Crippen LogP contribution >= 0.6 is 23.2 Å². The molecule has 1 atom stereocenters. The Morgan fingerprint density at radius 1 is 1.13 bits per heavy atom. The predicted molar refractivity (Wildman–Crippen MR) is 114 cm³/mol. The second kappa shape index (κ2) is 8.85. The fourth-order valence-electron chi connectivity index (χ4n) is 3.39. The van der Waals surface area contributed by atoms with E-state index in [1.54, 1.807) is 40.2 Å². The van der Waals surface area contributed by atoms with Crippen LogP contribution in [0.5, 0.6) is 0 Å². The van der Waals surface area contributed by atoms with Gasteiger partial charge in [-0.2, -0.15) is 5.10 Å². The van der Waals surface area contributed by atoms with Gasteiger partial charge in [0.25, 0.3) is 0 Å². The minimum absolute atomic E-state index is 0.0535. The van der Waals surface area contributed by atoms with Crippen LogP contribution in [-0.2, 0) is 22.7 Å². The number of amides is 2. The number of rotatable bonds is 6. The number of halogens is 2. The van der Waals surface area contributed by atoms with Gasteiger partial charge in [-0.3, -0.25) is 14.6 Å². The van der Waals surface area contributed by atoms with Gasteiger partial charge >= 0.3 is 0 Å². The number of nitrogens with one attached hydrogen (secondary N) is 1. The molecule has 30 heavy (non-hydrogen) atoms. The summed E-state index contributed by atoms with van der Waals surface area (Å²) in [6.07, 6.45) is 3.47. The summed E-state index contributed by atoms with van der Waals surface area (Å²) in [5.74, 6) is -0.150. The summed E-state index contributed by atoms with van der Waals surface area (Å²) in [6.45, 7) is 1.14. The zero-order valence-electron chi connectivity index (χ0n) is 16.0. The molecule has 3 aromatic rings. The van der Waals surface area contributed by atoms with Crippen molar-refractivity contribution in [3.63, 3.8) is 0 Å². The number of hydrogen-bond donors (Lipinski definition) is 1. The van der Waals surface area contributed by atoms with Crippen molar-refractivity contribution in [2.75, 3.05) is 11.9 Å². The van der Waals surface area contributed by atoms with E-state index >= 15 is 0 Å². The van der Waals surface area contributed by atoms with E-state index < -0.39 is 5.92 Å². The van der Waals surface area contributed by atoms with Crippen LogP contribution in [0.1, 0.15) is 17.7 Å². The summed E-state index contributed by atoms with van der Waals surface area (Å²) in [7, 11) is 0. The summed E-state index contributed by atoms with van der Waals surface area (Å²) in [5.41, 5.74) is 1.63. The highest BCUT2D eigenvalue weighted by Gasteiger charge is 2.34. The lowest BCUT2D eigenvalue weighted by Crippen LogP contribution is -2.28. The maximum atomic E-state index is 12.8. The molecule has 0 aliphatic carbocycles. The van der Waals surface area contributed by atoms with E-state index in [4.69, 9.17) is 23.2 Å². The number of pyridine rings is 1. The molecule has 1 saturated heterocycles. The lowest BCUT2D eigenvalue weighted by Gasteiger charge is -2.16. The summed E-state index contributed by atoms with van der Waals surface area (Å²) in [4.78, 5) is 31.0. The molecule has 1 unspecified atom stereocenters. The molecule has 0 spiro atoms. The molecule has 9 heteroatoms. The van der Waals surface area contributed by atoms with Crippen LogP contribution in [0.2, 0.25) is 10.0 Å². The highest BCUT2D eigenvalue weighted by atomic mass is 35.5. The van der Waals surface area contributed by atoms with Crippen molar-refractivity contribution >= 4 is 40.8 Å². The minimum atomic E-state index is -0.427. The SMILES string of the molecule is O=C(Nc1ccnn1Cc1ccc(Cl)cc1Cl)C1CC(=O)N(Cc2ccccn2)C1. The maximum absolute atomic E-state index is 12.8. The van der Waals surface area contributed by atoms with Gasteiger partial charge in [0.15, 0.2) is 0 Å². The fourth-order valence-corrected chi connectivity index (χ4v) is 3.86. The first-order chi connectivity index (χ1) is 14.5. The molecule has 154 valence electrons.